The Morgan fingerprint density at radius 1 is 1.30 bits per heavy atom. The molecule has 0 heterocycles. The first-order valence-corrected chi connectivity index (χ1v) is 8.10. The second-order valence-electron chi connectivity index (χ2n) is 5.04. The number of benzene rings is 1. The van der Waals surface area contributed by atoms with Crippen molar-refractivity contribution in [2.24, 2.45) is 5.41 Å². The molecule has 0 bridgehead atoms. The zero-order valence-corrected chi connectivity index (χ0v) is 13.9. The van der Waals surface area contributed by atoms with E-state index in [0.29, 0.717) is 12.4 Å². The third-order valence-corrected chi connectivity index (χ3v) is 5.14. The van der Waals surface area contributed by atoms with E-state index in [1.165, 1.54) is 0 Å². The van der Waals surface area contributed by atoms with Crippen LogP contribution < -0.4 is 4.74 Å². The molecule has 0 aromatic heterocycles. The molecule has 0 aliphatic rings. The van der Waals surface area contributed by atoms with Gasteiger partial charge in [0.25, 0.3) is 0 Å². The van der Waals surface area contributed by atoms with Gasteiger partial charge in [-0.1, -0.05) is 42.8 Å². The average Bonchev–Trinajstić information content (AvgIpc) is 2.49. The molecule has 5 heteroatoms. The van der Waals surface area contributed by atoms with Crippen LogP contribution in [0.3, 0.4) is 0 Å². The lowest BCUT2D eigenvalue weighted by Crippen LogP contribution is -2.29. The molecule has 0 atom stereocenters. The Bertz CT molecular complexity index is 450. The van der Waals surface area contributed by atoms with Crippen molar-refractivity contribution in [1.29, 1.82) is 0 Å². The highest BCUT2D eigenvalue weighted by Crippen LogP contribution is 2.33. The maximum absolute atomic E-state index is 11.1. The fourth-order valence-corrected chi connectivity index (χ4v) is 2.91. The minimum absolute atomic E-state index is 0.0251. The predicted molar refractivity (Wildman–Crippen MR) is 84.8 cm³/mol. The smallest absolute Gasteiger partial charge is 0.311 e. The van der Waals surface area contributed by atoms with Crippen molar-refractivity contribution in [2.75, 3.05) is 11.9 Å². The normalized spacial score (nSPS) is 11.4. The van der Waals surface area contributed by atoms with Crippen molar-refractivity contribution in [3.05, 3.63) is 33.9 Å². The van der Waals surface area contributed by atoms with E-state index < -0.39 is 0 Å². The van der Waals surface area contributed by atoms with Crippen molar-refractivity contribution >= 4 is 21.6 Å². The van der Waals surface area contributed by atoms with Gasteiger partial charge in [-0.25, -0.2) is 0 Å². The van der Waals surface area contributed by atoms with Crippen LogP contribution >= 0.6 is 15.9 Å². The summed E-state index contributed by atoms with van der Waals surface area (Å²) in [5.41, 5.74) is 1.03. The van der Waals surface area contributed by atoms with Gasteiger partial charge in [-0.2, -0.15) is 0 Å². The molecule has 0 unspecified atom stereocenters. The molecule has 4 nitrogen and oxygen atoms in total. The number of hydrogen-bond acceptors (Lipinski definition) is 3. The summed E-state index contributed by atoms with van der Waals surface area (Å²) in [5, 5.41) is 12.0. The van der Waals surface area contributed by atoms with Crippen molar-refractivity contribution in [3.63, 3.8) is 0 Å². The van der Waals surface area contributed by atoms with Crippen LogP contribution in [0.5, 0.6) is 5.75 Å². The van der Waals surface area contributed by atoms with Gasteiger partial charge in [-0.15, -0.1) is 0 Å². The van der Waals surface area contributed by atoms with Crippen LogP contribution in [-0.2, 0) is 6.42 Å². The predicted octanol–water partition coefficient (Wildman–Crippen LogP) is 4.74. The summed E-state index contributed by atoms with van der Waals surface area (Å²) in [6.45, 7) is 6.69. The second kappa shape index (κ2) is 7.62. The second-order valence-corrected chi connectivity index (χ2v) is 5.60. The van der Waals surface area contributed by atoms with Crippen molar-refractivity contribution in [2.45, 2.75) is 40.0 Å². The highest BCUT2D eigenvalue weighted by atomic mass is 79.9. The Kier molecular flexibility index (Phi) is 6.46. The Balaban J connectivity index is 2.94. The van der Waals surface area contributed by atoms with Gasteiger partial charge in [0.1, 0.15) is 0 Å². The number of ether oxygens (including phenoxy) is 1. The fourth-order valence-electron chi connectivity index (χ4n) is 1.96. The number of alkyl halides is 1. The Hall–Kier alpha value is -1.10. The molecule has 0 aliphatic heterocycles. The number of nitrogens with zero attached hydrogens (tertiary/aromatic N) is 1. The largest absolute Gasteiger partial charge is 0.486 e. The summed E-state index contributed by atoms with van der Waals surface area (Å²) in [5.74, 6) is 0.361. The van der Waals surface area contributed by atoms with Gasteiger partial charge in [0.2, 0.25) is 0 Å². The first-order valence-electron chi connectivity index (χ1n) is 6.98. The first-order chi connectivity index (χ1) is 9.51. The standard InChI is InChI=1S/C15H22BrNO3/c1-4-12-7-8-14(13(9-12)17(18)19)20-11-15(5-2,6-3)10-16/h7-9H,4-6,10-11H2,1-3H3. The number of nitro benzene ring substituents is 1. The van der Waals surface area contributed by atoms with Crippen LogP contribution in [-0.4, -0.2) is 16.9 Å². The van der Waals surface area contributed by atoms with Crippen molar-refractivity contribution in [3.8, 4) is 5.75 Å². The topological polar surface area (TPSA) is 52.4 Å². The molecule has 1 aromatic rings. The van der Waals surface area contributed by atoms with Gasteiger partial charge in [0.15, 0.2) is 5.75 Å². The Labute approximate surface area is 128 Å². The fraction of sp³-hybridized carbons (Fsp3) is 0.600. The van der Waals surface area contributed by atoms with Gasteiger partial charge < -0.3 is 4.74 Å². The molecule has 20 heavy (non-hydrogen) atoms. The monoisotopic (exact) mass is 343 g/mol. The van der Waals surface area contributed by atoms with Crippen LogP contribution in [0.25, 0.3) is 0 Å². The van der Waals surface area contributed by atoms with Gasteiger partial charge >= 0.3 is 5.69 Å². The van der Waals surface area contributed by atoms with Crippen LogP contribution in [0.15, 0.2) is 18.2 Å². The van der Waals surface area contributed by atoms with Crippen LogP contribution in [0, 0.1) is 15.5 Å². The lowest BCUT2D eigenvalue weighted by molar-refractivity contribution is -0.386. The SMILES string of the molecule is CCc1ccc(OCC(CC)(CC)CBr)c([N+](=O)[O-])c1. The number of aryl methyl sites for hydroxylation is 1. The molecular formula is C15H22BrNO3. The van der Waals surface area contributed by atoms with E-state index in [9.17, 15) is 10.1 Å². The summed E-state index contributed by atoms with van der Waals surface area (Å²) < 4.78 is 5.76. The Morgan fingerprint density at radius 3 is 2.40 bits per heavy atom. The zero-order chi connectivity index (χ0) is 15.2. The third-order valence-electron chi connectivity index (χ3n) is 3.95. The van der Waals surface area contributed by atoms with Crippen molar-refractivity contribution < 1.29 is 9.66 Å². The zero-order valence-electron chi connectivity index (χ0n) is 12.3. The number of rotatable bonds is 8. The van der Waals surface area contributed by atoms with E-state index in [1.807, 2.05) is 13.0 Å². The highest BCUT2D eigenvalue weighted by Gasteiger charge is 2.27. The minimum atomic E-state index is -0.373. The molecule has 0 aliphatic carbocycles. The summed E-state index contributed by atoms with van der Waals surface area (Å²) in [7, 11) is 0. The van der Waals surface area contributed by atoms with Gasteiger partial charge in [0, 0.05) is 16.8 Å². The summed E-state index contributed by atoms with van der Waals surface area (Å²) in [4.78, 5) is 10.8. The Morgan fingerprint density at radius 2 is 1.95 bits per heavy atom. The van der Waals surface area contributed by atoms with E-state index in [4.69, 9.17) is 4.74 Å². The van der Waals surface area contributed by atoms with Gasteiger partial charge in [0.05, 0.1) is 11.5 Å². The van der Waals surface area contributed by atoms with E-state index in [1.54, 1.807) is 12.1 Å². The van der Waals surface area contributed by atoms with Gasteiger partial charge in [-0.3, -0.25) is 10.1 Å². The maximum Gasteiger partial charge on any atom is 0.311 e. The van der Waals surface area contributed by atoms with E-state index >= 15 is 0 Å². The number of hydrogen-bond donors (Lipinski definition) is 0. The minimum Gasteiger partial charge on any atom is -0.486 e. The maximum atomic E-state index is 11.1. The number of halogens is 1. The molecule has 0 saturated heterocycles. The first kappa shape index (κ1) is 17.0. The molecule has 1 rings (SSSR count). The van der Waals surface area contributed by atoms with Crippen LogP contribution in [0.2, 0.25) is 0 Å². The molecule has 1 aromatic carbocycles. The molecule has 0 spiro atoms. The summed E-state index contributed by atoms with van der Waals surface area (Å²) in [6, 6.07) is 5.19. The quantitative estimate of drug-likeness (QED) is 0.389. The summed E-state index contributed by atoms with van der Waals surface area (Å²) in [6.07, 6.45) is 2.71. The molecule has 0 saturated carbocycles. The van der Waals surface area contributed by atoms with E-state index in [-0.39, 0.29) is 16.0 Å². The summed E-state index contributed by atoms with van der Waals surface area (Å²) >= 11 is 3.52. The number of nitro groups is 1. The van der Waals surface area contributed by atoms with E-state index in [2.05, 4.69) is 29.8 Å². The van der Waals surface area contributed by atoms with Crippen LogP contribution in [0.4, 0.5) is 5.69 Å². The van der Waals surface area contributed by atoms with Gasteiger partial charge in [-0.05, 0) is 30.9 Å². The highest BCUT2D eigenvalue weighted by molar-refractivity contribution is 9.09. The molecule has 112 valence electrons. The lowest BCUT2D eigenvalue weighted by Gasteiger charge is -2.29. The van der Waals surface area contributed by atoms with E-state index in [0.717, 1.165) is 30.2 Å². The molecular weight excluding hydrogens is 322 g/mol. The van der Waals surface area contributed by atoms with Crippen LogP contribution in [0.1, 0.15) is 39.2 Å². The lowest BCUT2D eigenvalue weighted by atomic mass is 9.86. The third kappa shape index (κ3) is 3.95. The molecule has 0 N–H and O–H groups in total. The molecule has 0 radical (unpaired) electrons. The average molecular weight is 344 g/mol. The van der Waals surface area contributed by atoms with Crippen molar-refractivity contribution in [1.82, 2.24) is 0 Å². The molecule has 0 fully saturated rings. The molecule has 0 amide bonds.